The average molecular weight is 340 g/mol. The molecule has 0 aromatic carbocycles. The van der Waals surface area contributed by atoms with Gasteiger partial charge in [-0.25, -0.2) is 9.78 Å². The Morgan fingerprint density at radius 2 is 1.88 bits per heavy atom. The van der Waals surface area contributed by atoms with E-state index in [4.69, 9.17) is 0 Å². The van der Waals surface area contributed by atoms with Crippen molar-refractivity contribution in [2.75, 3.05) is 42.9 Å². The van der Waals surface area contributed by atoms with Crippen molar-refractivity contribution in [3.8, 4) is 0 Å². The van der Waals surface area contributed by atoms with Crippen LogP contribution >= 0.6 is 0 Å². The van der Waals surface area contributed by atoms with E-state index in [0.29, 0.717) is 6.54 Å². The Kier molecular flexibility index (Phi) is 5.79. The third-order valence-corrected chi connectivity index (χ3v) is 4.34. The zero-order valence-electron chi connectivity index (χ0n) is 14.5. The van der Waals surface area contributed by atoms with E-state index in [1.165, 1.54) is 0 Å². The molecule has 25 heavy (non-hydrogen) atoms. The molecule has 132 valence electrons. The van der Waals surface area contributed by atoms with Gasteiger partial charge >= 0.3 is 6.03 Å². The lowest BCUT2D eigenvalue weighted by Crippen LogP contribution is -2.46. The lowest BCUT2D eigenvalue weighted by molar-refractivity contribution is 0.251. The molecule has 7 nitrogen and oxygen atoms in total. The molecule has 0 bridgehead atoms. The molecule has 1 aliphatic heterocycles. The molecule has 0 unspecified atom stereocenters. The molecule has 7 heteroatoms. The lowest BCUT2D eigenvalue weighted by atomic mass is 10.2. The molecule has 0 radical (unpaired) electrons. The first kappa shape index (κ1) is 17.2. The van der Waals surface area contributed by atoms with Crippen molar-refractivity contribution in [2.24, 2.45) is 0 Å². The van der Waals surface area contributed by atoms with Gasteiger partial charge in [0.1, 0.15) is 5.82 Å². The molecule has 3 heterocycles. The number of piperazine rings is 1. The maximum absolute atomic E-state index is 12.0. The fourth-order valence-electron chi connectivity index (χ4n) is 2.83. The van der Waals surface area contributed by atoms with Gasteiger partial charge < -0.3 is 20.4 Å². The smallest absolute Gasteiger partial charge is 0.319 e. The third-order valence-electron chi connectivity index (χ3n) is 4.34. The van der Waals surface area contributed by atoms with E-state index in [2.05, 4.69) is 37.3 Å². The first-order valence-electron chi connectivity index (χ1n) is 8.61. The summed E-state index contributed by atoms with van der Waals surface area (Å²) < 4.78 is 0. The number of carbonyl (C=O) groups is 1. The quantitative estimate of drug-likeness (QED) is 0.870. The number of urea groups is 1. The van der Waals surface area contributed by atoms with Crippen molar-refractivity contribution in [1.82, 2.24) is 20.2 Å². The summed E-state index contributed by atoms with van der Waals surface area (Å²) in [6, 6.07) is 7.24. The largest absolute Gasteiger partial charge is 0.354 e. The highest BCUT2D eigenvalue weighted by atomic mass is 16.2. The van der Waals surface area contributed by atoms with Gasteiger partial charge in [0, 0.05) is 57.0 Å². The fourth-order valence-corrected chi connectivity index (χ4v) is 2.83. The van der Waals surface area contributed by atoms with Crippen LogP contribution in [-0.2, 0) is 6.54 Å². The third kappa shape index (κ3) is 4.90. The second kappa shape index (κ2) is 8.43. The monoisotopic (exact) mass is 340 g/mol. The SMILES string of the molecule is CCN1CCN(c2cc(CNC(=O)Nc3ccncc3)ccn2)CC1. The van der Waals surface area contributed by atoms with Crippen LogP contribution in [0.5, 0.6) is 0 Å². The number of nitrogens with zero attached hydrogens (tertiary/aromatic N) is 4. The van der Waals surface area contributed by atoms with Gasteiger partial charge in [-0.1, -0.05) is 6.92 Å². The molecule has 2 N–H and O–H groups in total. The zero-order chi connectivity index (χ0) is 17.5. The van der Waals surface area contributed by atoms with E-state index < -0.39 is 0 Å². The molecule has 0 aliphatic carbocycles. The van der Waals surface area contributed by atoms with E-state index in [9.17, 15) is 4.79 Å². The van der Waals surface area contributed by atoms with Crippen molar-refractivity contribution >= 4 is 17.5 Å². The maximum atomic E-state index is 12.0. The summed E-state index contributed by atoms with van der Waals surface area (Å²) in [5, 5.41) is 5.65. The van der Waals surface area contributed by atoms with E-state index in [1.54, 1.807) is 30.7 Å². The predicted molar refractivity (Wildman–Crippen MR) is 98.7 cm³/mol. The zero-order valence-corrected chi connectivity index (χ0v) is 14.5. The van der Waals surface area contributed by atoms with Crippen LogP contribution in [0.15, 0.2) is 42.9 Å². The van der Waals surface area contributed by atoms with Crippen LogP contribution in [0.25, 0.3) is 0 Å². The van der Waals surface area contributed by atoms with Crippen LogP contribution in [0.2, 0.25) is 0 Å². The number of hydrogen-bond acceptors (Lipinski definition) is 5. The minimum absolute atomic E-state index is 0.235. The number of nitrogens with one attached hydrogen (secondary N) is 2. The number of amides is 2. The standard InChI is InChI=1S/C18H24N6O/c1-2-23-9-11-24(12-10-23)17-13-15(3-8-20-17)14-21-18(25)22-16-4-6-19-7-5-16/h3-8,13H,2,9-12,14H2,1H3,(H2,19,21,22,25). The molecule has 2 aromatic heterocycles. The van der Waals surface area contributed by atoms with Crippen molar-refractivity contribution in [3.05, 3.63) is 48.4 Å². The second-order valence-electron chi connectivity index (χ2n) is 5.99. The normalized spacial score (nSPS) is 15.0. The maximum Gasteiger partial charge on any atom is 0.319 e. The Morgan fingerprint density at radius 3 is 2.60 bits per heavy atom. The van der Waals surface area contributed by atoms with Gasteiger partial charge in [-0.2, -0.15) is 0 Å². The van der Waals surface area contributed by atoms with Crippen molar-refractivity contribution in [2.45, 2.75) is 13.5 Å². The molecule has 0 saturated carbocycles. The Morgan fingerprint density at radius 1 is 1.12 bits per heavy atom. The van der Waals surface area contributed by atoms with Gasteiger partial charge in [0.2, 0.25) is 0 Å². The number of anilines is 2. The van der Waals surface area contributed by atoms with Gasteiger partial charge in [0.15, 0.2) is 0 Å². The molecule has 1 saturated heterocycles. The lowest BCUT2D eigenvalue weighted by Gasteiger charge is -2.34. The molecule has 0 spiro atoms. The molecule has 2 aromatic rings. The molecule has 1 aliphatic rings. The van der Waals surface area contributed by atoms with E-state index >= 15 is 0 Å². The first-order chi connectivity index (χ1) is 12.2. The fraction of sp³-hybridized carbons (Fsp3) is 0.389. The first-order valence-corrected chi connectivity index (χ1v) is 8.61. The molecular weight excluding hydrogens is 316 g/mol. The number of aromatic nitrogens is 2. The van der Waals surface area contributed by atoms with Gasteiger partial charge in [-0.05, 0) is 36.4 Å². The second-order valence-corrected chi connectivity index (χ2v) is 5.99. The van der Waals surface area contributed by atoms with E-state index in [1.807, 2.05) is 12.1 Å². The number of pyridine rings is 2. The summed E-state index contributed by atoms with van der Waals surface area (Å²) >= 11 is 0. The summed E-state index contributed by atoms with van der Waals surface area (Å²) in [5.41, 5.74) is 1.75. The van der Waals surface area contributed by atoms with Crippen LogP contribution in [0.1, 0.15) is 12.5 Å². The van der Waals surface area contributed by atoms with Gasteiger partial charge in [-0.3, -0.25) is 4.98 Å². The Labute approximate surface area is 148 Å². The molecular formula is C18H24N6O. The Bertz CT molecular complexity index is 685. The van der Waals surface area contributed by atoms with Crippen LogP contribution in [0.3, 0.4) is 0 Å². The number of likely N-dealkylation sites (N-methyl/N-ethyl adjacent to an activating group) is 1. The highest BCUT2D eigenvalue weighted by molar-refractivity contribution is 5.89. The summed E-state index contributed by atoms with van der Waals surface area (Å²) in [6.45, 7) is 7.85. The highest BCUT2D eigenvalue weighted by Crippen LogP contribution is 2.15. The van der Waals surface area contributed by atoms with Crippen LogP contribution < -0.4 is 15.5 Å². The average Bonchev–Trinajstić information content (AvgIpc) is 2.67. The highest BCUT2D eigenvalue weighted by Gasteiger charge is 2.16. The van der Waals surface area contributed by atoms with Gasteiger partial charge in [-0.15, -0.1) is 0 Å². The van der Waals surface area contributed by atoms with Crippen molar-refractivity contribution < 1.29 is 4.79 Å². The Hall–Kier alpha value is -2.67. The van der Waals surface area contributed by atoms with Crippen LogP contribution in [-0.4, -0.2) is 53.6 Å². The topological polar surface area (TPSA) is 73.4 Å². The number of rotatable bonds is 5. The van der Waals surface area contributed by atoms with Gasteiger partial charge in [0.25, 0.3) is 0 Å². The molecule has 0 atom stereocenters. The van der Waals surface area contributed by atoms with Gasteiger partial charge in [0.05, 0.1) is 0 Å². The molecule has 1 fully saturated rings. The summed E-state index contributed by atoms with van der Waals surface area (Å²) in [4.78, 5) is 25.1. The number of hydrogen-bond donors (Lipinski definition) is 2. The summed E-state index contributed by atoms with van der Waals surface area (Å²) in [6.07, 6.45) is 5.09. The van der Waals surface area contributed by atoms with Crippen molar-refractivity contribution in [3.63, 3.8) is 0 Å². The Balaban J connectivity index is 1.52. The molecule has 2 amide bonds. The van der Waals surface area contributed by atoms with E-state index in [0.717, 1.165) is 49.8 Å². The molecule has 3 rings (SSSR count). The van der Waals surface area contributed by atoms with Crippen LogP contribution in [0, 0.1) is 0 Å². The number of carbonyl (C=O) groups excluding carboxylic acids is 1. The van der Waals surface area contributed by atoms with E-state index in [-0.39, 0.29) is 6.03 Å². The minimum atomic E-state index is -0.235. The summed E-state index contributed by atoms with van der Waals surface area (Å²) in [5.74, 6) is 0.976. The van der Waals surface area contributed by atoms with Crippen LogP contribution in [0.4, 0.5) is 16.3 Å². The van der Waals surface area contributed by atoms with Crippen molar-refractivity contribution in [1.29, 1.82) is 0 Å². The predicted octanol–water partition coefficient (Wildman–Crippen LogP) is 1.94. The minimum Gasteiger partial charge on any atom is -0.354 e. The summed E-state index contributed by atoms with van der Waals surface area (Å²) in [7, 11) is 0.